The highest BCUT2D eigenvalue weighted by Crippen LogP contribution is 2.42. The van der Waals surface area contributed by atoms with Gasteiger partial charge in [-0.15, -0.1) is 0 Å². The molecular formula is C44H33BBrN3. The van der Waals surface area contributed by atoms with Gasteiger partial charge in [-0.05, 0) is 123 Å². The normalized spacial score (nSPS) is 11.2. The fraction of sp³-hybridized carbons (Fsp3) is 0.0455. The Morgan fingerprint density at radius 1 is 0.449 bits per heavy atom. The zero-order valence-electron chi connectivity index (χ0n) is 27.4. The highest BCUT2D eigenvalue weighted by atomic mass is 79.9. The van der Waals surface area contributed by atoms with Crippen molar-refractivity contribution in [3.05, 3.63) is 179 Å². The summed E-state index contributed by atoms with van der Waals surface area (Å²) < 4.78 is 3.42. The van der Waals surface area contributed by atoms with Crippen molar-refractivity contribution < 1.29 is 0 Å². The molecule has 49 heavy (non-hydrogen) atoms. The van der Waals surface area contributed by atoms with Gasteiger partial charge in [-0.3, -0.25) is 0 Å². The lowest BCUT2D eigenvalue weighted by Gasteiger charge is -2.26. The van der Waals surface area contributed by atoms with Gasteiger partial charge in [0.05, 0.1) is 11.0 Å². The summed E-state index contributed by atoms with van der Waals surface area (Å²) in [5.41, 5.74) is 13.1. The van der Waals surface area contributed by atoms with Gasteiger partial charge in [0.2, 0.25) is 0 Å². The van der Waals surface area contributed by atoms with Gasteiger partial charge in [0, 0.05) is 55.1 Å². The third-order valence-corrected chi connectivity index (χ3v) is 9.61. The van der Waals surface area contributed by atoms with Crippen molar-refractivity contribution in [3.63, 3.8) is 0 Å². The molecule has 0 atom stereocenters. The molecule has 0 amide bonds. The number of benzene rings is 7. The van der Waals surface area contributed by atoms with Gasteiger partial charge < -0.3 is 14.4 Å². The molecular weight excluding hydrogens is 661 g/mol. The van der Waals surface area contributed by atoms with Crippen LogP contribution in [0.1, 0.15) is 11.1 Å². The predicted octanol–water partition coefficient (Wildman–Crippen LogP) is 11.9. The minimum absolute atomic E-state index is 0.741. The molecule has 0 aliphatic rings. The average molecular weight is 694 g/mol. The first-order chi connectivity index (χ1) is 23.9. The fourth-order valence-electron chi connectivity index (χ4n) is 6.63. The number of hydrogen-bond donors (Lipinski definition) is 0. The second kappa shape index (κ2) is 12.8. The Hall–Kier alpha value is -5.52. The van der Waals surface area contributed by atoms with E-state index >= 15 is 0 Å². The minimum Gasteiger partial charge on any atom is -0.310 e. The average Bonchev–Trinajstić information content (AvgIpc) is 3.45. The van der Waals surface area contributed by atoms with E-state index in [0.29, 0.717) is 0 Å². The second-order valence-corrected chi connectivity index (χ2v) is 13.4. The van der Waals surface area contributed by atoms with E-state index in [9.17, 15) is 0 Å². The van der Waals surface area contributed by atoms with Crippen LogP contribution in [0.2, 0.25) is 0 Å². The summed E-state index contributed by atoms with van der Waals surface area (Å²) in [5, 5.41) is 2.35. The number of aromatic nitrogens is 1. The van der Waals surface area contributed by atoms with Crippen molar-refractivity contribution in [2.24, 2.45) is 0 Å². The van der Waals surface area contributed by atoms with Crippen LogP contribution in [0.3, 0.4) is 0 Å². The molecule has 0 aliphatic carbocycles. The van der Waals surface area contributed by atoms with Gasteiger partial charge in [-0.2, -0.15) is 0 Å². The van der Waals surface area contributed by atoms with Crippen LogP contribution < -0.4 is 15.3 Å². The number of fused-ring (bicyclic) bond motifs is 3. The maximum atomic E-state index is 6.13. The third-order valence-electron chi connectivity index (χ3n) is 9.08. The Kier molecular flexibility index (Phi) is 8.06. The first-order valence-electron chi connectivity index (χ1n) is 16.4. The highest BCUT2D eigenvalue weighted by molar-refractivity contribution is 9.10. The molecule has 0 N–H and O–H groups in total. The first-order valence-corrected chi connectivity index (χ1v) is 17.2. The molecule has 1 heterocycles. The maximum absolute atomic E-state index is 6.13. The van der Waals surface area contributed by atoms with Crippen LogP contribution >= 0.6 is 15.9 Å². The minimum atomic E-state index is 0.741. The SMILES string of the molecule is [B]c1ccc(N(c2ccc(C)cc2)c2ccc3c(c2)c2cc(N(c4ccc(C)cc4)c4ccc(Br)cc4)ccc2n3-c2ccccc2)cc1. The van der Waals surface area contributed by atoms with E-state index in [1.165, 1.54) is 21.9 Å². The molecule has 8 aromatic rings. The van der Waals surface area contributed by atoms with Crippen LogP contribution in [0.25, 0.3) is 27.5 Å². The summed E-state index contributed by atoms with van der Waals surface area (Å²) >= 11 is 3.63. The van der Waals surface area contributed by atoms with Crippen molar-refractivity contribution in [2.45, 2.75) is 13.8 Å². The number of aryl methyl sites for hydroxylation is 2. The first kappa shape index (κ1) is 30.8. The quantitative estimate of drug-likeness (QED) is 0.154. The molecule has 0 saturated heterocycles. The van der Waals surface area contributed by atoms with E-state index in [4.69, 9.17) is 7.85 Å². The third kappa shape index (κ3) is 5.92. The van der Waals surface area contributed by atoms with Crippen molar-refractivity contribution in [1.82, 2.24) is 4.57 Å². The Bertz CT molecular complexity index is 2160. The molecule has 3 nitrogen and oxygen atoms in total. The molecule has 1 aromatic heterocycles. The summed E-state index contributed by atoms with van der Waals surface area (Å²) in [6.45, 7) is 4.24. The molecule has 0 unspecified atom stereocenters. The van der Waals surface area contributed by atoms with Gasteiger partial charge in [0.25, 0.3) is 0 Å². The summed E-state index contributed by atoms with van der Waals surface area (Å²) in [6.07, 6.45) is 0. The Morgan fingerprint density at radius 3 is 1.29 bits per heavy atom. The lowest BCUT2D eigenvalue weighted by molar-refractivity contribution is 1.18. The maximum Gasteiger partial charge on any atom is 0.113 e. The summed E-state index contributed by atoms with van der Waals surface area (Å²) in [5.74, 6) is 0. The van der Waals surface area contributed by atoms with E-state index in [-0.39, 0.29) is 0 Å². The van der Waals surface area contributed by atoms with Gasteiger partial charge >= 0.3 is 0 Å². The van der Waals surface area contributed by atoms with Crippen LogP contribution in [0.5, 0.6) is 0 Å². The van der Waals surface area contributed by atoms with Crippen molar-refractivity contribution >= 4 is 85.2 Å². The van der Waals surface area contributed by atoms with Gasteiger partial charge in [-0.25, -0.2) is 0 Å². The van der Waals surface area contributed by atoms with E-state index < -0.39 is 0 Å². The molecule has 0 aliphatic heterocycles. The Balaban J connectivity index is 1.38. The number of nitrogens with zero attached hydrogens (tertiary/aromatic N) is 3. The number of hydrogen-bond acceptors (Lipinski definition) is 2. The summed E-state index contributed by atoms with van der Waals surface area (Å²) in [7, 11) is 6.13. The molecule has 0 spiro atoms. The van der Waals surface area contributed by atoms with E-state index in [1.54, 1.807) is 0 Å². The summed E-state index contributed by atoms with van der Waals surface area (Å²) in [4.78, 5) is 4.63. The second-order valence-electron chi connectivity index (χ2n) is 12.5. The molecule has 7 aromatic carbocycles. The molecule has 0 bridgehead atoms. The standard InChI is InChI=1S/C44H33BBrN3/c1-30-8-16-35(17-9-30)47(37-20-12-32(45)13-21-37)39-24-26-43-41(28-39)42-29-40(25-27-44(42)49(43)34-6-4-3-5-7-34)48(36-18-10-31(2)11-19-36)38-22-14-33(46)15-23-38/h3-29H,1-2H3. The van der Waals surface area contributed by atoms with Gasteiger partial charge in [-0.1, -0.05) is 87.1 Å². The van der Waals surface area contributed by atoms with Crippen LogP contribution in [0, 0.1) is 13.8 Å². The van der Waals surface area contributed by atoms with E-state index in [1.807, 2.05) is 12.1 Å². The van der Waals surface area contributed by atoms with Crippen LogP contribution in [0.4, 0.5) is 34.1 Å². The van der Waals surface area contributed by atoms with Crippen molar-refractivity contribution in [3.8, 4) is 5.69 Å². The van der Waals surface area contributed by atoms with Gasteiger partial charge in [0.1, 0.15) is 7.85 Å². The van der Waals surface area contributed by atoms with Crippen LogP contribution in [-0.4, -0.2) is 12.4 Å². The van der Waals surface area contributed by atoms with E-state index in [2.05, 4.69) is 196 Å². The van der Waals surface area contributed by atoms with Crippen molar-refractivity contribution in [1.29, 1.82) is 0 Å². The molecule has 0 fully saturated rings. The zero-order chi connectivity index (χ0) is 33.5. The number of anilines is 6. The Labute approximate surface area is 297 Å². The summed E-state index contributed by atoms with van der Waals surface area (Å²) in [6, 6.07) is 58.3. The van der Waals surface area contributed by atoms with Crippen molar-refractivity contribution in [2.75, 3.05) is 9.80 Å². The van der Waals surface area contributed by atoms with Crippen LogP contribution in [-0.2, 0) is 0 Å². The Morgan fingerprint density at radius 2 is 0.837 bits per heavy atom. The number of halogens is 1. The smallest absolute Gasteiger partial charge is 0.113 e. The van der Waals surface area contributed by atoms with Gasteiger partial charge in [0.15, 0.2) is 0 Å². The molecule has 5 heteroatoms. The number of rotatable bonds is 7. The largest absolute Gasteiger partial charge is 0.310 e. The highest BCUT2D eigenvalue weighted by Gasteiger charge is 2.20. The van der Waals surface area contributed by atoms with Crippen LogP contribution in [0.15, 0.2) is 168 Å². The van der Waals surface area contributed by atoms with E-state index in [0.717, 1.165) is 60.8 Å². The molecule has 234 valence electrons. The molecule has 2 radical (unpaired) electrons. The lowest BCUT2D eigenvalue weighted by atomic mass is 9.96. The lowest BCUT2D eigenvalue weighted by Crippen LogP contribution is -2.11. The predicted molar refractivity (Wildman–Crippen MR) is 213 cm³/mol. The molecule has 0 saturated carbocycles. The topological polar surface area (TPSA) is 11.4 Å². The number of para-hydroxylation sites is 1. The fourth-order valence-corrected chi connectivity index (χ4v) is 6.89. The monoisotopic (exact) mass is 693 g/mol. The molecule has 8 rings (SSSR count). The zero-order valence-corrected chi connectivity index (χ0v) is 29.0.